The lowest BCUT2D eigenvalue weighted by atomic mass is 10.1. The third kappa shape index (κ3) is 3.19. The topological polar surface area (TPSA) is 64.1 Å². The Balaban J connectivity index is 2.19. The predicted octanol–water partition coefficient (Wildman–Crippen LogP) is 1.71. The molecule has 5 heteroatoms. The summed E-state index contributed by atoms with van der Waals surface area (Å²) in [5.74, 6) is 0.838. The summed E-state index contributed by atoms with van der Waals surface area (Å²) in [4.78, 5) is 11.2. The van der Waals surface area contributed by atoms with Crippen molar-refractivity contribution in [1.29, 1.82) is 0 Å². The van der Waals surface area contributed by atoms with Crippen LogP contribution in [0.1, 0.15) is 19.0 Å². The van der Waals surface area contributed by atoms with Crippen LogP contribution in [0.25, 0.3) is 10.8 Å². The average molecular weight is 259 g/mol. The maximum atomic E-state index is 11.2. The molecule has 19 heavy (non-hydrogen) atoms. The first-order valence-corrected chi connectivity index (χ1v) is 6.29. The van der Waals surface area contributed by atoms with E-state index in [0.29, 0.717) is 19.4 Å². The highest BCUT2D eigenvalue weighted by Gasteiger charge is 2.05. The number of methoxy groups -OCH3 is 1. The third-order valence-electron chi connectivity index (χ3n) is 2.95. The van der Waals surface area contributed by atoms with Gasteiger partial charge in [0.25, 0.3) is 0 Å². The number of carbonyl (C=O) groups excluding carboxylic acids is 1. The second-order valence-corrected chi connectivity index (χ2v) is 4.20. The van der Waals surface area contributed by atoms with Gasteiger partial charge in [-0.1, -0.05) is 6.92 Å². The van der Waals surface area contributed by atoms with Gasteiger partial charge in [-0.25, -0.2) is 0 Å². The lowest BCUT2D eigenvalue weighted by molar-refractivity contribution is -0.120. The van der Waals surface area contributed by atoms with Gasteiger partial charge in [0.2, 0.25) is 5.91 Å². The molecule has 2 aromatic rings. The number of nitrogens with one attached hydrogen (secondary N) is 1. The molecular formula is C14H17N3O2. The fraction of sp³-hybridized carbons (Fsp3) is 0.357. The van der Waals surface area contributed by atoms with Crippen molar-refractivity contribution in [1.82, 2.24) is 15.5 Å². The SMILES string of the molecule is CCC(=O)NCCc1nncc2ccc(OC)cc12. The molecule has 0 atom stereocenters. The van der Waals surface area contributed by atoms with E-state index in [1.54, 1.807) is 13.3 Å². The summed E-state index contributed by atoms with van der Waals surface area (Å²) in [5.41, 5.74) is 0.868. The lowest BCUT2D eigenvalue weighted by Gasteiger charge is -2.07. The highest BCUT2D eigenvalue weighted by Crippen LogP contribution is 2.22. The number of aromatic nitrogens is 2. The molecule has 0 bridgehead atoms. The molecule has 100 valence electrons. The minimum absolute atomic E-state index is 0.0470. The van der Waals surface area contributed by atoms with Gasteiger partial charge < -0.3 is 10.1 Å². The Morgan fingerprint density at radius 3 is 3.00 bits per heavy atom. The number of hydrogen-bond donors (Lipinski definition) is 1. The van der Waals surface area contributed by atoms with Crippen LogP contribution in [0.2, 0.25) is 0 Å². The van der Waals surface area contributed by atoms with Crippen LogP contribution >= 0.6 is 0 Å². The predicted molar refractivity (Wildman–Crippen MR) is 73.1 cm³/mol. The fourth-order valence-electron chi connectivity index (χ4n) is 1.87. The molecule has 1 N–H and O–H groups in total. The van der Waals surface area contributed by atoms with E-state index in [4.69, 9.17) is 4.74 Å². The maximum absolute atomic E-state index is 11.2. The first-order chi connectivity index (χ1) is 9.24. The molecule has 0 saturated heterocycles. The second-order valence-electron chi connectivity index (χ2n) is 4.20. The van der Waals surface area contributed by atoms with Crippen molar-refractivity contribution in [2.75, 3.05) is 13.7 Å². The van der Waals surface area contributed by atoms with Crippen molar-refractivity contribution in [3.63, 3.8) is 0 Å². The summed E-state index contributed by atoms with van der Waals surface area (Å²) < 4.78 is 5.22. The molecule has 1 heterocycles. The molecule has 1 amide bonds. The number of benzene rings is 1. The van der Waals surface area contributed by atoms with E-state index in [2.05, 4.69) is 15.5 Å². The second kappa shape index (κ2) is 6.13. The summed E-state index contributed by atoms with van der Waals surface area (Å²) in [5, 5.41) is 13.0. The van der Waals surface area contributed by atoms with Gasteiger partial charge in [-0.15, -0.1) is 0 Å². The van der Waals surface area contributed by atoms with Crippen LogP contribution in [0.4, 0.5) is 0 Å². The summed E-state index contributed by atoms with van der Waals surface area (Å²) >= 11 is 0. The molecule has 0 aliphatic heterocycles. The number of hydrogen-bond acceptors (Lipinski definition) is 4. The first-order valence-electron chi connectivity index (χ1n) is 6.29. The van der Waals surface area contributed by atoms with Crippen molar-refractivity contribution in [2.45, 2.75) is 19.8 Å². The van der Waals surface area contributed by atoms with Crippen LogP contribution in [0.15, 0.2) is 24.4 Å². The number of fused-ring (bicyclic) bond motifs is 1. The van der Waals surface area contributed by atoms with E-state index in [0.717, 1.165) is 22.2 Å². The minimum atomic E-state index is 0.0470. The Morgan fingerprint density at radius 1 is 1.42 bits per heavy atom. The molecule has 0 fully saturated rings. The van der Waals surface area contributed by atoms with E-state index in [-0.39, 0.29) is 5.91 Å². The van der Waals surface area contributed by atoms with Gasteiger partial charge in [0.1, 0.15) is 5.75 Å². The number of amides is 1. The van der Waals surface area contributed by atoms with Crippen LogP contribution in [-0.4, -0.2) is 29.8 Å². The Kier molecular flexibility index (Phi) is 4.28. The van der Waals surface area contributed by atoms with E-state index >= 15 is 0 Å². The largest absolute Gasteiger partial charge is 0.497 e. The number of rotatable bonds is 5. The van der Waals surface area contributed by atoms with Crippen molar-refractivity contribution >= 4 is 16.7 Å². The van der Waals surface area contributed by atoms with E-state index in [1.807, 2.05) is 25.1 Å². The number of nitrogens with zero attached hydrogens (tertiary/aromatic N) is 2. The third-order valence-corrected chi connectivity index (χ3v) is 2.95. The monoisotopic (exact) mass is 259 g/mol. The van der Waals surface area contributed by atoms with Crippen molar-refractivity contribution in [2.24, 2.45) is 0 Å². The first kappa shape index (κ1) is 13.3. The summed E-state index contributed by atoms with van der Waals surface area (Å²) in [7, 11) is 1.64. The van der Waals surface area contributed by atoms with E-state index in [1.165, 1.54) is 0 Å². The van der Waals surface area contributed by atoms with Crippen LogP contribution < -0.4 is 10.1 Å². The highest BCUT2D eigenvalue weighted by atomic mass is 16.5. The number of ether oxygens (including phenoxy) is 1. The Morgan fingerprint density at radius 2 is 2.26 bits per heavy atom. The van der Waals surface area contributed by atoms with Gasteiger partial charge in [0.05, 0.1) is 19.0 Å². The molecule has 5 nitrogen and oxygen atoms in total. The zero-order valence-electron chi connectivity index (χ0n) is 11.1. The summed E-state index contributed by atoms with van der Waals surface area (Å²) in [6.45, 7) is 2.40. The molecule has 0 spiro atoms. The smallest absolute Gasteiger partial charge is 0.219 e. The van der Waals surface area contributed by atoms with Crippen molar-refractivity contribution in [3.05, 3.63) is 30.1 Å². The molecule has 0 aliphatic rings. The van der Waals surface area contributed by atoms with Crippen LogP contribution in [0, 0.1) is 0 Å². The highest BCUT2D eigenvalue weighted by molar-refractivity contribution is 5.85. The van der Waals surface area contributed by atoms with E-state index in [9.17, 15) is 4.79 Å². The van der Waals surface area contributed by atoms with Crippen LogP contribution in [0.3, 0.4) is 0 Å². The molecule has 0 aliphatic carbocycles. The van der Waals surface area contributed by atoms with Gasteiger partial charge in [0.15, 0.2) is 0 Å². The Hall–Kier alpha value is -2.17. The van der Waals surface area contributed by atoms with Crippen LogP contribution in [-0.2, 0) is 11.2 Å². The summed E-state index contributed by atoms with van der Waals surface area (Å²) in [6.07, 6.45) is 2.88. The molecule has 0 radical (unpaired) electrons. The van der Waals surface area contributed by atoms with E-state index < -0.39 is 0 Å². The van der Waals surface area contributed by atoms with Crippen molar-refractivity contribution in [3.8, 4) is 5.75 Å². The maximum Gasteiger partial charge on any atom is 0.219 e. The van der Waals surface area contributed by atoms with Gasteiger partial charge in [0, 0.05) is 30.2 Å². The zero-order valence-corrected chi connectivity index (χ0v) is 11.1. The Bertz CT molecular complexity index is 584. The molecular weight excluding hydrogens is 242 g/mol. The number of carbonyl (C=O) groups is 1. The van der Waals surface area contributed by atoms with Gasteiger partial charge in [-0.05, 0) is 18.2 Å². The van der Waals surface area contributed by atoms with Crippen LogP contribution in [0.5, 0.6) is 5.75 Å². The molecule has 1 aromatic carbocycles. The molecule has 0 unspecified atom stereocenters. The fourth-order valence-corrected chi connectivity index (χ4v) is 1.87. The van der Waals surface area contributed by atoms with Gasteiger partial charge in [-0.2, -0.15) is 10.2 Å². The van der Waals surface area contributed by atoms with Crippen molar-refractivity contribution < 1.29 is 9.53 Å². The standard InChI is InChI=1S/C14H17N3O2/c1-3-14(18)15-7-6-13-12-8-11(19-2)5-4-10(12)9-16-17-13/h4-5,8-9H,3,6-7H2,1-2H3,(H,15,18). The Labute approximate surface area is 112 Å². The van der Waals surface area contributed by atoms with Gasteiger partial charge >= 0.3 is 0 Å². The minimum Gasteiger partial charge on any atom is -0.497 e. The average Bonchev–Trinajstić information content (AvgIpc) is 2.46. The zero-order chi connectivity index (χ0) is 13.7. The van der Waals surface area contributed by atoms with Gasteiger partial charge in [-0.3, -0.25) is 4.79 Å². The molecule has 0 saturated carbocycles. The molecule has 1 aromatic heterocycles. The molecule has 2 rings (SSSR count). The lowest BCUT2D eigenvalue weighted by Crippen LogP contribution is -2.24. The summed E-state index contributed by atoms with van der Waals surface area (Å²) in [6, 6.07) is 5.80. The normalized spacial score (nSPS) is 10.4. The quantitative estimate of drug-likeness (QED) is 0.887.